The number of carbonyl (C=O) groups excluding carboxylic acids is 1. The van der Waals surface area contributed by atoms with Gasteiger partial charge < -0.3 is 0 Å². The van der Waals surface area contributed by atoms with Crippen LogP contribution in [0.5, 0.6) is 0 Å². The highest BCUT2D eigenvalue weighted by Crippen LogP contribution is 2.34. The summed E-state index contributed by atoms with van der Waals surface area (Å²) in [4.78, 5) is 14.1. The van der Waals surface area contributed by atoms with Gasteiger partial charge in [0.25, 0.3) is 5.91 Å². The Balaban J connectivity index is 2.63. The van der Waals surface area contributed by atoms with Gasteiger partial charge in [0, 0.05) is 0 Å². The molecule has 4 heteroatoms. The number of carbonyl (C=O) groups is 1. The van der Waals surface area contributed by atoms with Crippen molar-refractivity contribution in [1.29, 1.82) is 0 Å². The highest BCUT2D eigenvalue weighted by atomic mass is 16.2. The molecule has 0 saturated carbocycles. The molecule has 1 saturated heterocycles. The van der Waals surface area contributed by atoms with E-state index in [0.717, 1.165) is 25.4 Å². The fraction of sp³-hybridized carbons (Fsp3) is 0.929. The third-order valence-corrected chi connectivity index (χ3v) is 4.26. The van der Waals surface area contributed by atoms with Crippen molar-refractivity contribution in [2.24, 2.45) is 17.2 Å². The molecule has 1 heterocycles. The SMILES string of the molecule is CCC(C(=O)NN)N1CCCC(C(C)(C)C)CC1. The van der Waals surface area contributed by atoms with Gasteiger partial charge in [-0.3, -0.25) is 15.1 Å². The summed E-state index contributed by atoms with van der Waals surface area (Å²) in [7, 11) is 0. The molecule has 0 aliphatic carbocycles. The van der Waals surface area contributed by atoms with Crippen molar-refractivity contribution in [3.8, 4) is 0 Å². The lowest BCUT2D eigenvalue weighted by Gasteiger charge is -2.31. The number of nitrogens with two attached hydrogens (primary N) is 1. The molecule has 0 radical (unpaired) electrons. The summed E-state index contributed by atoms with van der Waals surface area (Å²) in [5, 5.41) is 0. The van der Waals surface area contributed by atoms with Crippen molar-refractivity contribution < 1.29 is 4.79 Å². The molecule has 0 aromatic rings. The Labute approximate surface area is 111 Å². The number of rotatable bonds is 3. The highest BCUT2D eigenvalue weighted by molar-refractivity contribution is 5.81. The summed E-state index contributed by atoms with van der Waals surface area (Å²) in [5.74, 6) is 5.97. The van der Waals surface area contributed by atoms with Crippen LogP contribution in [0.25, 0.3) is 0 Å². The van der Waals surface area contributed by atoms with Crippen LogP contribution in [-0.2, 0) is 4.79 Å². The summed E-state index contributed by atoms with van der Waals surface area (Å²) >= 11 is 0. The minimum Gasteiger partial charge on any atom is -0.293 e. The predicted molar refractivity (Wildman–Crippen MR) is 74.8 cm³/mol. The van der Waals surface area contributed by atoms with Crippen LogP contribution < -0.4 is 11.3 Å². The van der Waals surface area contributed by atoms with E-state index in [0.29, 0.717) is 5.41 Å². The largest absolute Gasteiger partial charge is 0.293 e. The molecule has 0 bridgehead atoms. The van der Waals surface area contributed by atoms with E-state index in [4.69, 9.17) is 5.84 Å². The fourth-order valence-corrected chi connectivity index (χ4v) is 3.00. The minimum atomic E-state index is -0.0614. The normalized spacial score (nSPS) is 24.4. The van der Waals surface area contributed by atoms with Crippen molar-refractivity contribution in [2.75, 3.05) is 13.1 Å². The van der Waals surface area contributed by atoms with Gasteiger partial charge in [-0.05, 0) is 50.1 Å². The first-order valence-electron chi connectivity index (χ1n) is 7.14. The third kappa shape index (κ3) is 3.95. The first-order valence-corrected chi connectivity index (χ1v) is 7.14. The standard InChI is InChI=1S/C14H29N3O/c1-5-12(13(18)16-15)17-9-6-7-11(8-10-17)14(2,3)4/h11-12H,5-10,15H2,1-4H3,(H,16,18). The van der Waals surface area contributed by atoms with Gasteiger partial charge in [-0.15, -0.1) is 0 Å². The third-order valence-electron chi connectivity index (χ3n) is 4.26. The van der Waals surface area contributed by atoms with Gasteiger partial charge in [-0.2, -0.15) is 0 Å². The van der Waals surface area contributed by atoms with Crippen LogP contribution in [0.4, 0.5) is 0 Å². The Kier molecular flexibility index (Phi) is 5.60. The summed E-state index contributed by atoms with van der Waals surface area (Å²) in [6.45, 7) is 11.0. The zero-order chi connectivity index (χ0) is 13.8. The topological polar surface area (TPSA) is 58.4 Å². The van der Waals surface area contributed by atoms with Crippen molar-refractivity contribution >= 4 is 5.91 Å². The second-order valence-electron chi connectivity index (χ2n) is 6.46. The smallest absolute Gasteiger partial charge is 0.251 e. The average molecular weight is 255 g/mol. The van der Waals surface area contributed by atoms with Gasteiger partial charge in [-0.1, -0.05) is 27.7 Å². The molecule has 4 nitrogen and oxygen atoms in total. The molecule has 106 valence electrons. The maximum atomic E-state index is 11.8. The van der Waals surface area contributed by atoms with E-state index in [1.54, 1.807) is 0 Å². The van der Waals surface area contributed by atoms with Crippen LogP contribution in [-0.4, -0.2) is 29.9 Å². The lowest BCUT2D eigenvalue weighted by Crippen LogP contribution is -2.49. The van der Waals surface area contributed by atoms with E-state index < -0.39 is 0 Å². The van der Waals surface area contributed by atoms with Crippen LogP contribution in [0.15, 0.2) is 0 Å². The number of likely N-dealkylation sites (tertiary alicyclic amines) is 1. The van der Waals surface area contributed by atoms with Crippen molar-refractivity contribution in [2.45, 2.75) is 59.4 Å². The van der Waals surface area contributed by atoms with Gasteiger partial charge >= 0.3 is 0 Å². The van der Waals surface area contributed by atoms with E-state index in [1.165, 1.54) is 19.3 Å². The molecule has 1 fully saturated rings. The van der Waals surface area contributed by atoms with Gasteiger partial charge in [0.2, 0.25) is 0 Å². The molecule has 0 aromatic carbocycles. The second kappa shape index (κ2) is 6.53. The van der Waals surface area contributed by atoms with E-state index in [2.05, 4.69) is 31.1 Å². The molecule has 0 aromatic heterocycles. The molecule has 1 rings (SSSR count). The Morgan fingerprint density at radius 1 is 1.39 bits per heavy atom. The molecular weight excluding hydrogens is 226 g/mol. The lowest BCUT2D eigenvalue weighted by molar-refractivity contribution is -0.126. The number of nitrogens with zero attached hydrogens (tertiary/aromatic N) is 1. The summed E-state index contributed by atoms with van der Waals surface area (Å²) in [6, 6.07) is -0.0614. The summed E-state index contributed by atoms with van der Waals surface area (Å²) in [6.07, 6.45) is 4.44. The van der Waals surface area contributed by atoms with Gasteiger partial charge in [0.15, 0.2) is 0 Å². The molecule has 18 heavy (non-hydrogen) atoms. The molecular formula is C14H29N3O. The van der Waals surface area contributed by atoms with Crippen LogP contribution >= 0.6 is 0 Å². The summed E-state index contributed by atoms with van der Waals surface area (Å²) < 4.78 is 0. The quantitative estimate of drug-likeness (QED) is 0.460. The van der Waals surface area contributed by atoms with Crippen LogP contribution in [0.3, 0.4) is 0 Å². The maximum absolute atomic E-state index is 11.8. The van der Waals surface area contributed by atoms with E-state index >= 15 is 0 Å². The van der Waals surface area contributed by atoms with Crippen molar-refractivity contribution in [1.82, 2.24) is 10.3 Å². The number of hydrogen-bond acceptors (Lipinski definition) is 3. The second-order valence-corrected chi connectivity index (χ2v) is 6.46. The molecule has 2 unspecified atom stereocenters. The van der Waals surface area contributed by atoms with Crippen LogP contribution in [0.1, 0.15) is 53.4 Å². The van der Waals surface area contributed by atoms with Crippen molar-refractivity contribution in [3.63, 3.8) is 0 Å². The van der Waals surface area contributed by atoms with Gasteiger partial charge in [0.05, 0.1) is 6.04 Å². The van der Waals surface area contributed by atoms with Crippen LogP contribution in [0, 0.1) is 11.3 Å². The number of hydrogen-bond donors (Lipinski definition) is 2. The zero-order valence-electron chi connectivity index (χ0n) is 12.3. The first-order chi connectivity index (χ1) is 8.40. The minimum absolute atomic E-state index is 0.0493. The molecule has 3 N–H and O–H groups in total. The van der Waals surface area contributed by atoms with E-state index in [-0.39, 0.29) is 11.9 Å². The molecule has 1 aliphatic heterocycles. The molecule has 2 atom stereocenters. The number of amides is 1. The molecule has 0 spiro atoms. The number of nitrogens with one attached hydrogen (secondary N) is 1. The van der Waals surface area contributed by atoms with Crippen molar-refractivity contribution in [3.05, 3.63) is 0 Å². The Hall–Kier alpha value is -0.610. The zero-order valence-corrected chi connectivity index (χ0v) is 12.3. The Bertz CT molecular complexity index is 273. The fourth-order valence-electron chi connectivity index (χ4n) is 3.00. The van der Waals surface area contributed by atoms with E-state index in [1.807, 2.05) is 6.92 Å². The molecule has 1 amide bonds. The Morgan fingerprint density at radius 3 is 2.56 bits per heavy atom. The average Bonchev–Trinajstić information content (AvgIpc) is 2.55. The van der Waals surface area contributed by atoms with E-state index in [9.17, 15) is 4.79 Å². The van der Waals surface area contributed by atoms with Gasteiger partial charge in [-0.25, -0.2) is 5.84 Å². The lowest BCUT2D eigenvalue weighted by atomic mass is 9.77. The maximum Gasteiger partial charge on any atom is 0.251 e. The first kappa shape index (κ1) is 15.4. The Morgan fingerprint density at radius 2 is 2.06 bits per heavy atom. The predicted octanol–water partition coefficient (Wildman–Crippen LogP) is 1.90. The van der Waals surface area contributed by atoms with Crippen LogP contribution in [0.2, 0.25) is 0 Å². The number of hydrazine groups is 1. The summed E-state index contributed by atoms with van der Waals surface area (Å²) in [5.41, 5.74) is 2.66. The highest BCUT2D eigenvalue weighted by Gasteiger charge is 2.30. The van der Waals surface area contributed by atoms with Gasteiger partial charge in [0.1, 0.15) is 0 Å². The monoisotopic (exact) mass is 255 g/mol. The molecule has 1 aliphatic rings.